The zero-order chi connectivity index (χ0) is 8.10. The molecular formula is C8H18N2O. The van der Waals surface area contributed by atoms with E-state index in [1.165, 1.54) is 0 Å². The molecule has 1 aliphatic heterocycles. The number of aliphatic hydroxyl groups excluding tert-OH is 1. The fourth-order valence-electron chi connectivity index (χ4n) is 1.54. The Labute approximate surface area is 68.4 Å². The van der Waals surface area contributed by atoms with Gasteiger partial charge in [-0.3, -0.25) is 4.90 Å². The maximum absolute atomic E-state index is 8.86. The summed E-state index contributed by atoms with van der Waals surface area (Å²) in [6.45, 7) is 4.76. The molecule has 0 spiro atoms. The van der Waals surface area contributed by atoms with Crippen LogP contribution >= 0.6 is 0 Å². The predicted octanol–water partition coefficient (Wildman–Crippen LogP) is -1.34. The van der Waals surface area contributed by atoms with Crippen molar-refractivity contribution in [3.05, 3.63) is 7.05 Å². The molecule has 3 N–H and O–H groups in total. The normalized spacial score (nSPS) is 26.2. The molecule has 1 saturated heterocycles. The first-order valence-corrected chi connectivity index (χ1v) is 4.31. The van der Waals surface area contributed by atoms with E-state index in [1.54, 1.807) is 0 Å². The number of aliphatic hydroxyl groups is 1. The van der Waals surface area contributed by atoms with Crippen molar-refractivity contribution in [2.24, 2.45) is 5.92 Å². The summed E-state index contributed by atoms with van der Waals surface area (Å²) in [5.74, 6) is 0.528. The van der Waals surface area contributed by atoms with E-state index in [2.05, 4.69) is 11.9 Å². The van der Waals surface area contributed by atoms with Gasteiger partial charge in [0.05, 0.1) is 6.54 Å². The highest BCUT2D eigenvalue weighted by molar-refractivity contribution is 4.73. The molecule has 1 heterocycles. The molecule has 1 fully saturated rings. The van der Waals surface area contributed by atoms with E-state index in [9.17, 15) is 0 Å². The number of quaternary nitrogens is 1. The van der Waals surface area contributed by atoms with Crippen LogP contribution in [0.3, 0.4) is 0 Å². The zero-order valence-electron chi connectivity index (χ0n) is 7.00. The molecule has 1 aliphatic rings. The first-order chi connectivity index (χ1) is 5.36. The Kier molecular flexibility index (Phi) is 3.83. The largest absolute Gasteiger partial charge is 0.478 e. The van der Waals surface area contributed by atoms with Gasteiger partial charge >= 0.3 is 0 Å². The smallest absolute Gasteiger partial charge is 0.0645 e. The van der Waals surface area contributed by atoms with Gasteiger partial charge in [-0.05, 0) is 18.9 Å². The molecule has 0 amide bonds. The molecular weight excluding hydrogens is 140 g/mol. The summed E-state index contributed by atoms with van der Waals surface area (Å²) < 4.78 is 0. The summed E-state index contributed by atoms with van der Waals surface area (Å²) in [7, 11) is 3.68. The summed E-state index contributed by atoms with van der Waals surface area (Å²) in [5.41, 5.74) is 0. The second kappa shape index (κ2) is 4.70. The van der Waals surface area contributed by atoms with Crippen LogP contribution in [0.25, 0.3) is 0 Å². The zero-order valence-corrected chi connectivity index (χ0v) is 7.00. The van der Waals surface area contributed by atoms with Crippen molar-refractivity contribution in [1.82, 2.24) is 4.90 Å². The Morgan fingerprint density at radius 3 is 3.00 bits per heavy atom. The third kappa shape index (κ3) is 2.77. The van der Waals surface area contributed by atoms with Crippen molar-refractivity contribution in [2.75, 3.05) is 32.8 Å². The highest BCUT2D eigenvalue weighted by atomic mass is 16.3. The van der Waals surface area contributed by atoms with Gasteiger partial charge in [-0.15, -0.1) is 0 Å². The lowest BCUT2D eigenvalue weighted by atomic mass is 10.1. The molecule has 3 heteroatoms. The summed E-state index contributed by atoms with van der Waals surface area (Å²) in [4.78, 5) is 2.39. The molecule has 0 bridgehead atoms. The lowest BCUT2D eigenvalue weighted by Gasteiger charge is -2.14. The summed E-state index contributed by atoms with van der Waals surface area (Å²) in [5, 5.41) is 10.8. The summed E-state index contributed by atoms with van der Waals surface area (Å²) in [6.07, 6.45) is 1.16. The number of hydrogen-bond acceptors (Lipinski definition) is 2. The van der Waals surface area contributed by atoms with Crippen LogP contribution in [0.5, 0.6) is 0 Å². The molecule has 0 unspecified atom stereocenters. The number of hydrogen-bond donors (Lipinski definition) is 2. The standard InChI is InChI=1S/C8H18N2O/c1-9-3-5-10-4-2-8(6-10)7-11/h8,11H,1-7,9H2/t8-/m1/s1. The fourth-order valence-corrected chi connectivity index (χ4v) is 1.54. The molecule has 11 heavy (non-hydrogen) atoms. The minimum absolute atomic E-state index is 0.352. The van der Waals surface area contributed by atoms with Gasteiger partial charge in [0.25, 0.3) is 0 Å². The maximum atomic E-state index is 8.86. The highest BCUT2D eigenvalue weighted by Crippen LogP contribution is 2.13. The van der Waals surface area contributed by atoms with Gasteiger partial charge in [-0.25, -0.2) is 0 Å². The lowest BCUT2D eigenvalue weighted by Crippen LogP contribution is -2.78. The van der Waals surface area contributed by atoms with Crippen LogP contribution in [-0.4, -0.2) is 42.8 Å². The molecule has 0 radical (unpaired) electrons. The highest BCUT2D eigenvalue weighted by Gasteiger charge is 2.20. The van der Waals surface area contributed by atoms with Gasteiger partial charge in [0, 0.05) is 19.7 Å². The van der Waals surface area contributed by atoms with E-state index in [4.69, 9.17) is 5.11 Å². The van der Waals surface area contributed by atoms with Gasteiger partial charge in [0.2, 0.25) is 0 Å². The van der Waals surface area contributed by atoms with E-state index in [-0.39, 0.29) is 0 Å². The molecule has 1 atom stereocenters. The van der Waals surface area contributed by atoms with Gasteiger partial charge in [0.15, 0.2) is 0 Å². The SMILES string of the molecule is [CH2-][NH2+]CCN1CC[C@@H](CO)C1. The van der Waals surface area contributed by atoms with Crippen molar-refractivity contribution in [1.29, 1.82) is 0 Å². The molecule has 0 aromatic heterocycles. The van der Waals surface area contributed by atoms with E-state index in [1.807, 2.05) is 5.32 Å². The van der Waals surface area contributed by atoms with E-state index in [0.29, 0.717) is 12.5 Å². The molecule has 3 nitrogen and oxygen atoms in total. The maximum Gasteiger partial charge on any atom is 0.0645 e. The molecule has 1 rings (SSSR count). The van der Waals surface area contributed by atoms with Crippen LogP contribution in [0.1, 0.15) is 6.42 Å². The number of likely N-dealkylation sites (tertiary alicyclic amines) is 1. The van der Waals surface area contributed by atoms with Gasteiger partial charge in [0.1, 0.15) is 0 Å². The molecule has 0 saturated carbocycles. The van der Waals surface area contributed by atoms with Crippen molar-refractivity contribution in [3.63, 3.8) is 0 Å². The van der Waals surface area contributed by atoms with Crippen molar-refractivity contribution < 1.29 is 10.4 Å². The summed E-state index contributed by atoms with van der Waals surface area (Å²) >= 11 is 0. The quantitative estimate of drug-likeness (QED) is 0.497. The Balaban J connectivity index is 2.09. The Morgan fingerprint density at radius 2 is 2.45 bits per heavy atom. The summed E-state index contributed by atoms with van der Waals surface area (Å²) in [6, 6.07) is 0. The topological polar surface area (TPSA) is 40.1 Å². The predicted molar refractivity (Wildman–Crippen MR) is 43.8 cm³/mol. The first kappa shape index (κ1) is 8.97. The Bertz CT molecular complexity index is 108. The van der Waals surface area contributed by atoms with Crippen molar-refractivity contribution in [2.45, 2.75) is 6.42 Å². The fraction of sp³-hybridized carbons (Fsp3) is 0.875. The van der Waals surface area contributed by atoms with Crippen LogP contribution in [0.4, 0.5) is 0 Å². The third-order valence-electron chi connectivity index (χ3n) is 2.28. The van der Waals surface area contributed by atoms with Crippen LogP contribution in [-0.2, 0) is 0 Å². The van der Waals surface area contributed by atoms with Crippen LogP contribution in [0.2, 0.25) is 0 Å². The van der Waals surface area contributed by atoms with E-state index < -0.39 is 0 Å². The van der Waals surface area contributed by atoms with Gasteiger partial charge in [-0.1, -0.05) is 0 Å². The second-order valence-corrected chi connectivity index (χ2v) is 3.22. The first-order valence-electron chi connectivity index (χ1n) is 4.31. The van der Waals surface area contributed by atoms with Crippen LogP contribution < -0.4 is 5.32 Å². The number of nitrogens with two attached hydrogens (primary N) is 1. The second-order valence-electron chi connectivity index (χ2n) is 3.22. The van der Waals surface area contributed by atoms with Gasteiger partial charge in [-0.2, -0.15) is 7.05 Å². The molecule has 0 aliphatic carbocycles. The number of rotatable bonds is 4. The van der Waals surface area contributed by atoms with Crippen LogP contribution in [0, 0.1) is 13.0 Å². The number of nitrogens with zero attached hydrogens (tertiary/aromatic N) is 1. The average molecular weight is 158 g/mol. The monoisotopic (exact) mass is 158 g/mol. The van der Waals surface area contributed by atoms with Gasteiger partial charge < -0.3 is 10.4 Å². The van der Waals surface area contributed by atoms with Crippen molar-refractivity contribution >= 4 is 0 Å². The molecule has 66 valence electrons. The minimum atomic E-state index is 0.352. The van der Waals surface area contributed by atoms with Crippen LogP contribution in [0.15, 0.2) is 0 Å². The Hall–Kier alpha value is -0.120. The Morgan fingerprint density at radius 1 is 1.64 bits per heavy atom. The third-order valence-corrected chi connectivity index (χ3v) is 2.28. The molecule has 0 aromatic rings. The van der Waals surface area contributed by atoms with Crippen molar-refractivity contribution in [3.8, 4) is 0 Å². The van der Waals surface area contributed by atoms with E-state index >= 15 is 0 Å². The minimum Gasteiger partial charge on any atom is -0.478 e. The average Bonchev–Trinajstić information content (AvgIpc) is 2.48. The van der Waals surface area contributed by atoms with E-state index in [0.717, 1.165) is 32.6 Å². The molecule has 0 aromatic carbocycles. The lowest BCUT2D eigenvalue weighted by molar-refractivity contribution is -0.595.